The Bertz CT molecular complexity index is 1190. The van der Waals surface area contributed by atoms with Crippen LogP contribution in [-0.4, -0.2) is 121 Å². The van der Waals surface area contributed by atoms with E-state index in [0.717, 1.165) is 22.5 Å². The number of nitrogens with two attached hydrogens (primary N) is 1. The summed E-state index contributed by atoms with van der Waals surface area (Å²) in [6.45, 7) is 29.7. The Morgan fingerprint density at radius 1 is 0.837 bits per heavy atom. The fraction of sp³-hybridized carbons (Fsp3) is 0.846. The van der Waals surface area contributed by atoms with Crippen molar-refractivity contribution in [3.8, 4) is 0 Å². The number of hydrogen-bond donors (Lipinski definition) is 5. The molecular weight excluding hydrogens is 732 g/mol. The van der Waals surface area contributed by atoms with Crippen molar-refractivity contribution in [3.05, 3.63) is 22.5 Å². The average Bonchev–Trinajstić information content (AvgIpc) is 3.49. The minimum absolute atomic E-state index is 0.0787. The number of hydrogen-bond acceptors (Lipinski definition) is 14. The molecule has 18 nitrogen and oxygen atoms in total. The molecule has 1 aliphatic heterocycles. The maximum Gasteiger partial charge on any atom is 0.490 e. The van der Waals surface area contributed by atoms with E-state index in [1.165, 1.54) is 58.9 Å². The van der Waals surface area contributed by atoms with Gasteiger partial charge in [-0.2, -0.15) is 13.6 Å². The zero-order valence-corrected chi connectivity index (χ0v) is 33.5. The lowest BCUT2D eigenvalue weighted by molar-refractivity contribution is -0.00692. The van der Waals surface area contributed by atoms with Crippen molar-refractivity contribution in [1.82, 2.24) is 24.3 Å². The highest BCUT2D eigenvalue weighted by atomic mass is 32.2. The topological polar surface area (TPSA) is 240 Å². The van der Waals surface area contributed by atoms with Crippen LogP contribution in [0.5, 0.6) is 0 Å². The zero-order valence-electron chi connectivity index (χ0n) is 30.0. The number of nitrogens with zero attached hydrogens (tertiary/aromatic N) is 5. The first kappa shape index (κ1) is 50.3. The van der Waals surface area contributed by atoms with Gasteiger partial charge in [0, 0.05) is 5.75 Å². The molecule has 2 unspecified atom stereocenters. The molecule has 2 rings (SSSR count). The lowest BCUT2D eigenvalue weighted by atomic mass is 10.5. The van der Waals surface area contributed by atoms with Crippen LogP contribution in [0.4, 0.5) is 10.2 Å². The number of thioether (sulfide) groups is 1. The van der Waals surface area contributed by atoms with Crippen molar-refractivity contribution in [2.24, 2.45) is 0 Å². The van der Waals surface area contributed by atoms with Crippen molar-refractivity contribution in [1.29, 1.82) is 0 Å². The summed E-state index contributed by atoms with van der Waals surface area (Å²) in [7, 11) is -16.4. The molecule has 1 aliphatic rings. The van der Waals surface area contributed by atoms with Gasteiger partial charge in [-0.3, -0.25) is 9.09 Å². The number of ether oxygens (including phenoxy) is 1. The quantitative estimate of drug-likeness (QED) is 0.140. The van der Waals surface area contributed by atoms with Gasteiger partial charge in [-0.15, -0.1) is 11.8 Å². The molecule has 0 aromatic carbocycles. The first-order valence-corrected chi connectivity index (χ1v) is 21.5. The standard InChI is InChI=1S/C8H13FN3O12P3S.3C6H15N/c9-4-1-12(8(13)11-7(4)10)5-3-28-6(22-5)2-21-26(17,18)24-27(19,20)23-25(14,15)16;3*1-4-7(5-2)6-3/h1,5-6H,2-3H2,(H,17,18)(H,19,20)(H2,10,11,13)(H2,14,15,16);3*4-6H2,1-3H3/t5-,6+;;;/m0.../s1. The Morgan fingerprint density at radius 3 is 1.59 bits per heavy atom. The molecule has 0 aliphatic carbocycles. The zero-order chi connectivity index (χ0) is 38.4. The normalized spacial score (nSPS) is 18.5. The fourth-order valence-corrected chi connectivity index (χ4v) is 7.92. The van der Waals surface area contributed by atoms with Gasteiger partial charge in [0.1, 0.15) is 11.7 Å². The van der Waals surface area contributed by atoms with E-state index in [1.807, 2.05) is 0 Å². The fourth-order valence-electron chi connectivity index (χ4n) is 3.81. The molecule has 1 aromatic heterocycles. The Morgan fingerprint density at radius 2 is 1.24 bits per heavy atom. The van der Waals surface area contributed by atoms with Gasteiger partial charge < -0.3 is 44.7 Å². The molecule has 0 saturated carbocycles. The maximum atomic E-state index is 13.5. The van der Waals surface area contributed by atoms with Crippen LogP contribution in [-0.2, 0) is 31.6 Å². The molecule has 4 atom stereocenters. The smallest absolute Gasteiger partial charge is 0.381 e. The molecular formula is C26H58FN6O12P3S. The third-order valence-electron chi connectivity index (χ3n) is 6.79. The van der Waals surface area contributed by atoms with Crippen molar-refractivity contribution in [2.45, 2.75) is 74.0 Å². The van der Waals surface area contributed by atoms with Crippen LogP contribution in [0.25, 0.3) is 0 Å². The third kappa shape index (κ3) is 23.4. The molecule has 0 spiro atoms. The van der Waals surface area contributed by atoms with E-state index < -0.39 is 59.1 Å². The molecule has 1 fully saturated rings. The second kappa shape index (κ2) is 26.0. The van der Waals surface area contributed by atoms with Crippen LogP contribution in [0, 0.1) is 5.82 Å². The summed E-state index contributed by atoms with van der Waals surface area (Å²) in [5.41, 5.74) is 3.26. The molecule has 49 heavy (non-hydrogen) atoms. The van der Waals surface area contributed by atoms with Crippen LogP contribution in [0.2, 0.25) is 0 Å². The van der Waals surface area contributed by atoms with E-state index >= 15 is 0 Å². The molecule has 0 bridgehead atoms. The van der Waals surface area contributed by atoms with Gasteiger partial charge in [0.25, 0.3) is 0 Å². The molecule has 292 valence electrons. The second-order valence-electron chi connectivity index (χ2n) is 9.76. The minimum Gasteiger partial charge on any atom is -0.381 e. The molecule has 0 amide bonds. The average molecular weight is 791 g/mol. The summed E-state index contributed by atoms with van der Waals surface area (Å²) in [5, 5.41) is 0. The highest BCUT2D eigenvalue weighted by Gasteiger charge is 2.41. The number of aromatic nitrogens is 2. The Kier molecular flexibility index (Phi) is 26.7. The second-order valence-corrected chi connectivity index (χ2v) is 15.4. The van der Waals surface area contributed by atoms with Gasteiger partial charge >= 0.3 is 29.2 Å². The van der Waals surface area contributed by atoms with Crippen LogP contribution >= 0.6 is 35.2 Å². The van der Waals surface area contributed by atoms with E-state index in [0.29, 0.717) is 0 Å². The first-order chi connectivity index (χ1) is 22.7. The highest BCUT2D eigenvalue weighted by molar-refractivity contribution is 8.00. The van der Waals surface area contributed by atoms with Crippen molar-refractivity contribution in [3.63, 3.8) is 0 Å². The Balaban J connectivity index is 0. The molecule has 1 aromatic rings. The largest absolute Gasteiger partial charge is 0.490 e. The third-order valence-corrected chi connectivity index (χ3v) is 11.7. The van der Waals surface area contributed by atoms with Gasteiger partial charge in [-0.1, -0.05) is 62.3 Å². The molecule has 0 radical (unpaired) electrons. The summed E-state index contributed by atoms with van der Waals surface area (Å²) in [5.74, 6) is -1.49. The summed E-state index contributed by atoms with van der Waals surface area (Å²) in [6.07, 6.45) is -0.254. The van der Waals surface area contributed by atoms with E-state index in [-0.39, 0.29) is 5.75 Å². The molecule has 2 heterocycles. The first-order valence-electron chi connectivity index (χ1n) is 16.0. The number of anilines is 1. The Hall–Kier alpha value is -0.790. The number of nitrogen functional groups attached to an aromatic ring is 1. The SMILES string of the molecule is CCN(CC)CC.CCN(CC)CC.CCN(CC)CC.Nc1nc(=O)n([C@@H]2CS[C@H](COP(=O)(O)OP(=O)(O)OP(=O)(O)O)O2)cc1F. The van der Waals surface area contributed by atoms with E-state index in [1.54, 1.807) is 0 Å². The highest BCUT2D eigenvalue weighted by Crippen LogP contribution is 2.66. The van der Waals surface area contributed by atoms with E-state index in [2.05, 4.69) is 95.1 Å². The molecule has 23 heteroatoms. The summed E-state index contributed by atoms with van der Waals surface area (Å²) >= 11 is 0.969. The number of phosphoric acid groups is 3. The molecule has 1 saturated heterocycles. The summed E-state index contributed by atoms with van der Waals surface area (Å²) < 4.78 is 64.4. The lowest BCUT2D eigenvalue weighted by Crippen LogP contribution is -2.30. The van der Waals surface area contributed by atoms with Crippen LogP contribution in [0.3, 0.4) is 0 Å². The van der Waals surface area contributed by atoms with Gasteiger partial charge in [0.05, 0.1) is 12.8 Å². The van der Waals surface area contributed by atoms with E-state index in [9.17, 15) is 27.8 Å². The Labute approximate surface area is 293 Å². The van der Waals surface area contributed by atoms with Gasteiger partial charge in [0.2, 0.25) is 0 Å². The monoisotopic (exact) mass is 790 g/mol. The van der Waals surface area contributed by atoms with Crippen LogP contribution < -0.4 is 11.4 Å². The van der Waals surface area contributed by atoms with Crippen LogP contribution in [0.15, 0.2) is 11.0 Å². The minimum atomic E-state index is -5.63. The number of rotatable bonds is 17. The predicted octanol–water partition coefficient (Wildman–Crippen LogP) is 3.94. The molecule has 6 N–H and O–H groups in total. The van der Waals surface area contributed by atoms with Crippen molar-refractivity contribution < 1.29 is 55.5 Å². The van der Waals surface area contributed by atoms with Gasteiger partial charge in [0.15, 0.2) is 11.6 Å². The number of halogens is 1. The number of phosphoric ester groups is 1. The van der Waals surface area contributed by atoms with Gasteiger partial charge in [-0.25, -0.2) is 22.9 Å². The maximum absolute atomic E-state index is 13.5. The summed E-state index contributed by atoms with van der Waals surface area (Å²) in [6, 6.07) is 0. The van der Waals surface area contributed by atoms with Crippen molar-refractivity contribution in [2.75, 3.05) is 77.0 Å². The van der Waals surface area contributed by atoms with E-state index in [4.69, 9.17) is 25.2 Å². The van der Waals surface area contributed by atoms with Gasteiger partial charge in [-0.05, 0) is 58.9 Å². The predicted molar refractivity (Wildman–Crippen MR) is 189 cm³/mol. The summed E-state index contributed by atoms with van der Waals surface area (Å²) in [4.78, 5) is 57.3. The lowest BCUT2D eigenvalue weighted by Gasteiger charge is -2.18. The van der Waals surface area contributed by atoms with Crippen molar-refractivity contribution >= 4 is 41.0 Å². The van der Waals surface area contributed by atoms with Crippen LogP contribution in [0.1, 0.15) is 68.5 Å².